The maximum absolute atomic E-state index is 13.7. The number of nitrogens with zero attached hydrogens (tertiary/aromatic N) is 2. The van der Waals surface area contributed by atoms with Crippen molar-refractivity contribution < 1.29 is 18.7 Å². The molecule has 0 spiro atoms. The first-order valence-electron chi connectivity index (χ1n) is 9.13. The lowest BCUT2D eigenvalue weighted by Gasteiger charge is -2.35. The Hall–Kier alpha value is -2.89. The standard InChI is InChI=1S/C21H21FN2O3/c1-14-2-3-17(13-18(14)22)21(26)24-9-7-23(8-10-24)20(25)16-4-5-19-15(12-16)6-11-27-19/h2-5,12-13H,6-11H2,1H3. The predicted molar refractivity (Wildman–Crippen MR) is 98.6 cm³/mol. The van der Waals surface area contributed by atoms with Crippen LogP contribution in [0.4, 0.5) is 4.39 Å². The summed E-state index contributed by atoms with van der Waals surface area (Å²) in [6, 6.07) is 10.1. The van der Waals surface area contributed by atoms with E-state index in [9.17, 15) is 14.0 Å². The molecule has 2 aromatic carbocycles. The Morgan fingerprint density at radius 1 is 0.926 bits per heavy atom. The molecule has 1 saturated heterocycles. The maximum Gasteiger partial charge on any atom is 0.254 e. The maximum atomic E-state index is 13.7. The summed E-state index contributed by atoms with van der Waals surface area (Å²) in [5.41, 5.74) is 2.58. The van der Waals surface area contributed by atoms with Crippen LogP contribution in [0, 0.1) is 12.7 Å². The number of carbonyl (C=O) groups excluding carboxylic acids is 2. The summed E-state index contributed by atoms with van der Waals surface area (Å²) in [5, 5.41) is 0. The van der Waals surface area contributed by atoms with Gasteiger partial charge in [0.25, 0.3) is 11.8 Å². The zero-order chi connectivity index (χ0) is 19.0. The summed E-state index contributed by atoms with van der Waals surface area (Å²) in [6.45, 7) is 4.13. The minimum Gasteiger partial charge on any atom is -0.493 e. The summed E-state index contributed by atoms with van der Waals surface area (Å²) in [4.78, 5) is 28.8. The molecule has 27 heavy (non-hydrogen) atoms. The highest BCUT2D eigenvalue weighted by atomic mass is 19.1. The van der Waals surface area contributed by atoms with Gasteiger partial charge >= 0.3 is 0 Å². The van der Waals surface area contributed by atoms with E-state index in [0.29, 0.717) is 49.5 Å². The Morgan fingerprint density at radius 2 is 1.52 bits per heavy atom. The highest BCUT2D eigenvalue weighted by molar-refractivity contribution is 5.96. The largest absolute Gasteiger partial charge is 0.493 e. The second-order valence-electron chi connectivity index (χ2n) is 6.97. The first kappa shape index (κ1) is 17.5. The van der Waals surface area contributed by atoms with Crippen LogP contribution in [0.3, 0.4) is 0 Å². The monoisotopic (exact) mass is 368 g/mol. The zero-order valence-electron chi connectivity index (χ0n) is 15.2. The van der Waals surface area contributed by atoms with Gasteiger partial charge in [-0.15, -0.1) is 0 Å². The number of aryl methyl sites for hydroxylation is 1. The number of amides is 2. The van der Waals surface area contributed by atoms with E-state index in [1.54, 1.807) is 34.9 Å². The number of halogens is 1. The third-order valence-corrected chi connectivity index (χ3v) is 5.21. The number of benzene rings is 2. The van der Waals surface area contributed by atoms with Crippen LogP contribution < -0.4 is 4.74 Å². The van der Waals surface area contributed by atoms with E-state index in [4.69, 9.17) is 4.74 Å². The SMILES string of the molecule is Cc1ccc(C(=O)N2CCN(C(=O)c3ccc4c(c3)CCO4)CC2)cc1F. The first-order chi connectivity index (χ1) is 13.0. The van der Waals surface area contributed by atoms with E-state index >= 15 is 0 Å². The van der Waals surface area contributed by atoms with Gasteiger partial charge in [-0.05, 0) is 48.4 Å². The second-order valence-corrected chi connectivity index (χ2v) is 6.97. The van der Waals surface area contributed by atoms with Crippen LogP contribution in [-0.2, 0) is 6.42 Å². The van der Waals surface area contributed by atoms with Crippen molar-refractivity contribution in [2.75, 3.05) is 32.8 Å². The number of fused-ring (bicyclic) bond motifs is 1. The molecule has 0 bridgehead atoms. The Balaban J connectivity index is 1.40. The molecular formula is C21H21FN2O3. The van der Waals surface area contributed by atoms with Crippen molar-refractivity contribution in [3.63, 3.8) is 0 Å². The number of piperazine rings is 1. The van der Waals surface area contributed by atoms with Gasteiger partial charge in [0, 0.05) is 43.7 Å². The minimum absolute atomic E-state index is 0.0295. The lowest BCUT2D eigenvalue weighted by Crippen LogP contribution is -2.50. The van der Waals surface area contributed by atoms with E-state index in [2.05, 4.69) is 0 Å². The zero-order valence-corrected chi connectivity index (χ0v) is 15.2. The van der Waals surface area contributed by atoms with Crippen LogP contribution in [0.2, 0.25) is 0 Å². The van der Waals surface area contributed by atoms with Gasteiger partial charge in [0.05, 0.1) is 6.61 Å². The first-order valence-corrected chi connectivity index (χ1v) is 9.13. The number of hydrogen-bond donors (Lipinski definition) is 0. The predicted octanol–water partition coefficient (Wildman–Crippen LogP) is 2.67. The van der Waals surface area contributed by atoms with Gasteiger partial charge in [0.2, 0.25) is 0 Å². The lowest BCUT2D eigenvalue weighted by molar-refractivity contribution is 0.0535. The van der Waals surface area contributed by atoms with E-state index in [-0.39, 0.29) is 17.6 Å². The molecule has 0 radical (unpaired) electrons. The van der Waals surface area contributed by atoms with Gasteiger partial charge < -0.3 is 14.5 Å². The number of hydrogen-bond acceptors (Lipinski definition) is 3. The van der Waals surface area contributed by atoms with Gasteiger partial charge in [-0.25, -0.2) is 4.39 Å². The molecule has 2 aliphatic heterocycles. The number of ether oxygens (including phenoxy) is 1. The van der Waals surface area contributed by atoms with Crippen molar-refractivity contribution >= 4 is 11.8 Å². The normalized spacial score (nSPS) is 16.1. The molecule has 2 amide bonds. The van der Waals surface area contributed by atoms with Crippen molar-refractivity contribution in [3.8, 4) is 5.75 Å². The molecule has 2 aromatic rings. The fourth-order valence-corrected chi connectivity index (χ4v) is 3.52. The summed E-state index contributed by atoms with van der Waals surface area (Å²) in [5.74, 6) is 0.247. The molecule has 2 heterocycles. The average Bonchev–Trinajstić information content (AvgIpc) is 3.17. The molecule has 0 saturated carbocycles. The van der Waals surface area contributed by atoms with Crippen LogP contribution in [0.25, 0.3) is 0 Å². The minimum atomic E-state index is -0.379. The van der Waals surface area contributed by atoms with E-state index in [0.717, 1.165) is 17.7 Å². The van der Waals surface area contributed by atoms with Crippen LogP contribution in [0.15, 0.2) is 36.4 Å². The molecule has 140 valence electrons. The summed E-state index contributed by atoms with van der Waals surface area (Å²) >= 11 is 0. The van der Waals surface area contributed by atoms with E-state index in [1.807, 2.05) is 12.1 Å². The van der Waals surface area contributed by atoms with Crippen LogP contribution in [0.5, 0.6) is 5.75 Å². The molecule has 0 aromatic heterocycles. The van der Waals surface area contributed by atoms with Crippen molar-refractivity contribution in [2.24, 2.45) is 0 Å². The second kappa shape index (κ2) is 7.02. The highest BCUT2D eigenvalue weighted by Gasteiger charge is 2.26. The molecule has 4 rings (SSSR count). The molecule has 0 atom stereocenters. The Bertz CT molecular complexity index is 904. The van der Waals surface area contributed by atoms with Gasteiger partial charge in [-0.1, -0.05) is 6.07 Å². The van der Waals surface area contributed by atoms with Crippen molar-refractivity contribution in [1.82, 2.24) is 9.80 Å². The molecular weight excluding hydrogens is 347 g/mol. The molecule has 5 nitrogen and oxygen atoms in total. The highest BCUT2D eigenvalue weighted by Crippen LogP contribution is 2.26. The summed E-state index contributed by atoms with van der Waals surface area (Å²) in [6.07, 6.45) is 0.825. The molecule has 6 heteroatoms. The average molecular weight is 368 g/mol. The van der Waals surface area contributed by atoms with Crippen molar-refractivity contribution in [1.29, 1.82) is 0 Å². The van der Waals surface area contributed by atoms with Gasteiger partial charge in [0.1, 0.15) is 11.6 Å². The Kier molecular flexibility index (Phi) is 4.56. The van der Waals surface area contributed by atoms with E-state index in [1.165, 1.54) is 6.07 Å². The summed E-state index contributed by atoms with van der Waals surface area (Å²) < 4.78 is 19.2. The topological polar surface area (TPSA) is 49.9 Å². The Labute approximate surface area is 157 Å². The molecule has 0 unspecified atom stereocenters. The fraction of sp³-hybridized carbons (Fsp3) is 0.333. The third kappa shape index (κ3) is 3.39. The van der Waals surface area contributed by atoms with Gasteiger partial charge in [-0.2, -0.15) is 0 Å². The van der Waals surface area contributed by atoms with Crippen LogP contribution in [-0.4, -0.2) is 54.4 Å². The number of carbonyl (C=O) groups is 2. The molecule has 0 N–H and O–H groups in total. The fourth-order valence-electron chi connectivity index (χ4n) is 3.52. The lowest BCUT2D eigenvalue weighted by atomic mass is 10.1. The molecule has 0 aliphatic carbocycles. The Morgan fingerprint density at radius 3 is 2.15 bits per heavy atom. The quantitative estimate of drug-likeness (QED) is 0.819. The molecule has 2 aliphatic rings. The van der Waals surface area contributed by atoms with Gasteiger partial charge in [0.15, 0.2) is 0 Å². The molecule has 1 fully saturated rings. The third-order valence-electron chi connectivity index (χ3n) is 5.21. The van der Waals surface area contributed by atoms with Crippen molar-refractivity contribution in [2.45, 2.75) is 13.3 Å². The van der Waals surface area contributed by atoms with Crippen molar-refractivity contribution in [3.05, 3.63) is 64.5 Å². The summed E-state index contributed by atoms with van der Waals surface area (Å²) in [7, 11) is 0. The van der Waals surface area contributed by atoms with E-state index < -0.39 is 0 Å². The number of rotatable bonds is 2. The van der Waals surface area contributed by atoms with Gasteiger partial charge in [-0.3, -0.25) is 9.59 Å². The van der Waals surface area contributed by atoms with Crippen LogP contribution >= 0.6 is 0 Å². The van der Waals surface area contributed by atoms with Crippen LogP contribution in [0.1, 0.15) is 31.8 Å². The smallest absolute Gasteiger partial charge is 0.254 e.